The summed E-state index contributed by atoms with van der Waals surface area (Å²) in [6.07, 6.45) is 6.67. The minimum absolute atomic E-state index is 0.355. The predicted octanol–water partition coefficient (Wildman–Crippen LogP) is 2.96. The number of hydrogen-bond acceptors (Lipinski definition) is 1. The van der Waals surface area contributed by atoms with Crippen molar-refractivity contribution in [2.45, 2.75) is 25.9 Å². The topological polar surface area (TPSA) is 9.23 Å². The van der Waals surface area contributed by atoms with Gasteiger partial charge in [-0.15, -0.1) is 0 Å². The van der Waals surface area contributed by atoms with E-state index >= 15 is 0 Å². The molecule has 0 bridgehead atoms. The van der Waals surface area contributed by atoms with Crippen molar-refractivity contribution in [3.8, 4) is 5.75 Å². The number of ether oxygens (including phenoxy) is 1. The van der Waals surface area contributed by atoms with E-state index in [0.717, 1.165) is 18.6 Å². The smallest absolute Gasteiger partial charge is 0.123 e. The highest BCUT2D eigenvalue weighted by atomic mass is 16.5. The highest BCUT2D eigenvalue weighted by Crippen LogP contribution is 2.29. The van der Waals surface area contributed by atoms with Crippen LogP contribution in [0.15, 0.2) is 36.4 Å². The first-order valence-corrected chi connectivity index (χ1v) is 4.76. The molecule has 1 aromatic rings. The maximum absolute atomic E-state index is 5.76. The average Bonchev–Trinajstić information content (AvgIpc) is 2.57. The number of fused-ring (bicyclic) bond motifs is 1. The zero-order valence-corrected chi connectivity index (χ0v) is 7.86. The number of rotatable bonds is 2. The fraction of sp³-hybridized carbons (Fsp3) is 0.333. The van der Waals surface area contributed by atoms with Crippen LogP contribution in [0.5, 0.6) is 5.75 Å². The minimum Gasteiger partial charge on any atom is -0.489 e. The van der Waals surface area contributed by atoms with Crippen molar-refractivity contribution < 1.29 is 4.74 Å². The molecule has 0 aromatic heterocycles. The molecule has 0 radical (unpaired) electrons. The summed E-state index contributed by atoms with van der Waals surface area (Å²) in [5, 5.41) is 0. The summed E-state index contributed by atoms with van der Waals surface area (Å²) < 4.78 is 5.76. The Morgan fingerprint density at radius 3 is 3.08 bits per heavy atom. The van der Waals surface area contributed by atoms with Gasteiger partial charge in [-0.2, -0.15) is 0 Å². The lowest BCUT2D eigenvalue weighted by molar-refractivity contribution is 0.236. The fourth-order valence-electron chi connectivity index (χ4n) is 1.67. The number of benzene rings is 1. The van der Waals surface area contributed by atoms with Crippen molar-refractivity contribution in [3.05, 3.63) is 42.0 Å². The third-order valence-electron chi connectivity index (χ3n) is 2.35. The SMILES string of the molecule is C/C=C\CC1Cc2ccccc2O1. The zero-order valence-electron chi connectivity index (χ0n) is 7.86. The lowest BCUT2D eigenvalue weighted by Crippen LogP contribution is -2.10. The number of hydrogen-bond donors (Lipinski definition) is 0. The second-order valence-corrected chi connectivity index (χ2v) is 3.36. The first-order valence-electron chi connectivity index (χ1n) is 4.76. The van der Waals surface area contributed by atoms with E-state index in [2.05, 4.69) is 24.3 Å². The van der Waals surface area contributed by atoms with Crippen LogP contribution in [0.4, 0.5) is 0 Å². The van der Waals surface area contributed by atoms with Crippen LogP contribution >= 0.6 is 0 Å². The van der Waals surface area contributed by atoms with Gasteiger partial charge in [0.15, 0.2) is 0 Å². The summed E-state index contributed by atoms with van der Waals surface area (Å²) in [6.45, 7) is 2.04. The van der Waals surface area contributed by atoms with Gasteiger partial charge in [-0.05, 0) is 18.6 Å². The van der Waals surface area contributed by atoms with Crippen molar-refractivity contribution in [2.75, 3.05) is 0 Å². The maximum atomic E-state index is 5.76. The van der Waals surface area contributed by atoms with Crippen LogP contribution in [0, 0.1) is 0 Å². The van der Waals surface area contributed by atoms with E-state index in [1.54, 1.807) is 0 Å². The Kier molecular flexibility index (Phi) is 2.35. The predicted molar refractivity (Wildman–Crippen MR) is 54.0 cm³/mol. The van der Waals surface area contributed by atoms with Crippen LogP contribution in [0.2, 0.25) is 0 Å². The van der Waals surface area contributed by atoms with Crippen molar-refractivity contribution >= 4 is 0 Å². The van der Waals surface area contributed by atoms with E-state index < -0.39 is 0 Å². The molecule has 1 heteroatoms. The van der Waals surface area contributed by atoms with E-state index in [9.17, 15) is 0 Å². The highest BCUT2D eigenvalue weighted by molar-refractivity contribution is 5.37. The molecule has 13 heavy (non-hydrogen) atoms. The van der Waals surface area contributed by atoms with Gasteiger partial charge in [0, 0.05) is 12.8 Å². The Morgan fingerprint density at radius 2 is 2.31 bits per heavy atom. The van der Waals surface area contributed by atoms with Crippen LogP contribution < -0.4 is 4.74 Å². The van der Waals surface area contributed by atoms with E-state index in [-0.39, 0.29) is 0 Å². The molecule has 0 spiro atoms. The molecule has 0 saturated heterocycles. The van der Waals surface area contributed by atoms with Gasteiger partial charge < -0.3 is 4.74 Å². The van der Waals surface area contributed by atoms with Crippen LogP contribution in [0.3, 0.4) is 0 Å². The molecule has 0 N–H and O–H groups in total. The van der Waals surface area contributed by atoms with Gasteiger partial charge in [0.05, 0.1) is 0 Å². The first kappa shape index (κ1) is 8.36. The van der Waals surface area contributed by atoms with Gasteiger partial charge in [-0.1, -0.05) is 30.4 Å². The molecule has 0 fully saturated rings. The molecule has 1 atom stereocenters. The summed E-state index contributed by atoms with van der Waals surface area (Å²) in [5.41, 5.74) is 1.34. The molecule has 1 nitrogen and oxygen atoms in total. The Balaban J connectivity index is 2.05. The van der Waals surface area contributed by atoms with Gasteiger partial charge in [-0.3, -0.25) is 0 Å². The largest absolute Gasteiger partial charge is 0.489 e. The monoisotopic (exact) mass is 174 g/mol. The molecule has 2 rings (SSSR count). The molecule has 1 heterocycles. The molecule has 1 aliphatic heterocycles. The number of para-hydroxylation sites is 1. The van der Waals surface area contributed by atoms with Crippen LogP contribution in [0.1, 0.15) is 18.9 Å². The second kappa shape index (κ2) is 3.65. The van der Waals surface area contributed by atoms with Crippen LogP contribution in [-0.4, -0.2) is 6.10 Å². The Morgan fingerprint density at radius 1 is 1.46 bits per heavy atom. The van der Waals surface area contributed by atoms with Crippen molar-refractivity contribution in [2.24, 2.45) is 0 Å². The Labute approximate surface area is 79.0 Å². The zero-order chi connectivity index (χ0) is 9.10. The molecule has 68 valence electrons. The van der Waals surface area contributed by atoms with Crippen LogP contribution in [-0.2, 0) is 6.42 Å². The molecule has 1 aromatic carbocycles. The van der Waals surface area contributed by atoms with E-state index in [4.69, 9.17) is 4.74 Å². The standard InChI is InChI=1S/C12H14O/c1-2-3-7-11-9-10-6-4-5-8-12(10)13-11/h2-6,8,11H,7,9H2,1H3/b3-2-. The first-order chi connectivity index (χ1) is 6.40. The third-order valence-corrected chi connectivity index (χ3v) is 2.35. The molecule has 0 amide bonds. The second-order valence-electron chi connectivity index (χ2n) is 3.36. The summed E-state index contributed by atoms with van der Waals surface area (Å²) >= 11 is 0. The van der Waals surface area contributed by atoms with E-state index in [1.165, 1.54) is 5.56 Å². The summed E-state index contributed by atoms with van der Waals surface area (Å²) in [4.78, 5) is 0. The summed E-state index contributed by atoms with van der Waals surface area (Å²) in [5.74, 6) is 1.07. The van der Waals surface area contributed by atoms with Crippen molar-refractivity contribution in [1.82, 2.24) is 0 Å². The molecule has 1 unspecified atom stereocenters. The molecule has 0 saturated carbocycles. The normalized spacial score (nSPS) is 20.2. The Bertz CT molecular complexity index is 290. The van der Waals surface area contributed by atoms with Gasteiger partial charge in [-0.25, -0.2) is 0 Å². The van der Waals surface area contributed by atoms with E-state index in [1.807, 2.05) is 19.1 Å². The van der Waals surface area contributed by atoms with Crippen LogP contribution in [0.25, 0.3) is 0 Å². The summed E-state index contributed by atoms with van der Waals surface area (Å²) in [7, 11) is 0. The quantitative estimate of drug-likeness (QED) is 0.626. The average molecular weight is 174 g/mol. The highest BCUT2D eigenvalue weighted by Gasteiger charge is 2.20. The molecular formula is C12H14O. The van der Waals surface area contributed by atoms with E-state index in [0.29, 0.717) is 6.10 Å². The maximum Gasteiger partial charge on any atom is 0.123 e. The van der Waals surface area contributed by atoms with Gasteiger partial charge >= 0.3 is 0 Å². The number of allylic oxidation sites excluding steroid dienone is 1. The molecular weight excluding hydrogens is 160 g/mol. The van der Waals surface area contributed by atoms with Gasteiger partial charge in [0.2, 0.25) is 0 Å². The van der Waals surface area contributed by atoms with Crippen molar-refractivity contribution in [1.29, 1.82) is 0 Å². The van der Waals surface area contributed by atoms with Gasteiger partial charge in [0.1, 0.15) is 11.9 Å². The summed E-state index contributed by atoms with van der Waals surface area (Å²) in [6, 6.07) is 8.28. The molecule has 0 aliphatic carbocycles. The lowest BCUT2D eigenvalue weighted by Gasteiger charge is -2.06. The lowest BCUT2D eigenvalue weighted by atomic mass is 10.1. The fourth-order valence-corrected chi connectivity index (χ4v) is 1.67. The van der Waals surface area contributed by atoms with Crippen molar-refractivity contribution in [3.63, 3.8) is 0 Å². The van der Waals surface area contributed by atoms with Gasteiger partial charge in [0.25, 0.3) is 0 Å². The third kappa shape index (κ3) is 1.74. The minimum atomic E-state index is 0.355. The Hall–Kier alpha value is -1.24. The molecule has 1 aliphatic rings.